The highest BCUT2D eigenvalue weighted by Gasteiger charge is 2.12. The zero-order valence-electron chi connectivity index (χ0n) is 7.01. The second-order valence-corrected chi connectivity index (χ2v) is 1.94. The molecule has 0 atom stereocenters. The minimum absolute atomic E-state index is 0.0758. The molecule has 0 amide bonds. The molecule has 0 spiro atoms. The lowest BCUT2D eigenvalue weighted by Crippen LogP contribution is -2.13. The van der Waals surface area contributed by atoms with Gasteiger partial charge in [-0.2, -0.15) is 0 Å². The van der Waals surface area contributed by atoms with Gasteiger partial charge in [-0.1, -0.05) is 0 Å². The van der Waals surface area contributed by atoms with Crippen molar-refractivity contribution in [2.24, 2.45) is 5.73 Å². The Morgan fingerprint density at radius 1 is 1.55 bits per heavy atom. The summed E-state index contributed by atoms with van der Waals surface area (Å²) in [5, 5.41) is 0. The van der Waals surface area contributed by atoms with Crippen molar-refractivity contribution < 1.29 is 14.3 Å². The first-order chi connectivity index (χ1) is 5.13. The average molecular weight is 159 g/mol. The molecule has 0 aromatic heterocycles. The van der Waals surface area contributed by atoms with Gasteiger partial charge in [0.25, 0.3) is 0 Å². The van der Waals surface area contributed by atoms with Gasteiger partial charge in [0.1, 0.15) is 0 Å². The Kier molecular flexibility index (Phi) is 4.10. The van der Waals surface area contributed by atoms with Gasteiger partial charge in [0.05, 0.1) is 19.4 Å². The molecule has 0 radical (unpaired) electrons. The molecule has 4 heteroatoms. The predicted molar refractivity (Wildman–Crippen MR) is 40.5 cm³/mol. The average Bonchev–Trinajstić information content (AvgIpc) is 1.88. The van der Waals surface area contributed by atoms with Crippen molar-refractivity contribution in [3.8, 4) is 0 Å². The van der Waals surface area contributed by atoms with E-state index in [9.17, 15) is 4.79 Å². The van der Waals surface area contributed by atoms with Crippen LogP contribution in [0.4, 0.5) is 0 Å². The third kappa shape index (κ3) is 2.93. The third-order valence-corrected chi connectivity index (χ3v) is 1.02. The van der Waals surface area contributed by atoms with Gasteiger partial charge < -0.3 is 15.2 Å². The molecular weight excluding hydrogens is 146 g/mol. The Hall–Kier alpha value is -1.19. The Bertz CT molecular complexity index is 171. The molecule has 0 saturated heterocycles. The number of ether oxygens (including phenoxy) is 2. The van der Waals surface area contributed by atoms with Crippen molar-refractivity contribution in [1.82, 2.24) is 0 Å². The van der Waals surface area contributed by atoms with E-state index in [1.165, 1.54) is 7.11 Å². The molecule has 0 fully saturated rings. The van der Waals surface area contributed by atoms with Crippen molar-refractivity contribution in [2.45, 2.75) is 13.8 Å². The van der Waals surface area contributed by atoms with Crippen molar-refractivity contribution in [1.29, 1.82) is 0 Å². The smallest absolute Gasteiger partial charge is 0.375 e. The van der Waals surface area contributed by atoms with Gasteiger partial charge in [0.2, 0.25) is 5.76 Å². The second-order valence-electron chi connectivity index (χ2n) is 1.94. The normalized spacial score (nSPS) is 11.9. The van der Waals surface area contributed by atoms with Crippen LogP contribution in [-0.4, -0.2) is 19.7 Å². The van der Waals surface area contributed by atoms with E-state index in [1.54, 1.807) is 13.8 Å². The van der Waals surface area contributed by atoms with E-state index in [4.69, 9.17) is 10.5 Å². The monoisotopic (exact) mass is 159 g/mol. The van der Waals surface area contributed by atoms with Crippen molar-refractivity contribution in [3.05, 3.63) is 11.5 Å². The number of rotatable bonds is 3. The van der Waals surface area contributed by atoms with Gasteiger partial charge in [-0.3, -0.25) is 0 Å². The number of nitrogens with two attached hydrogens (primary N) is 1. The number of methoxy groups -OCH3 is 1. The molecule has 0 saturated carbocycles. The van der Waals surface area contributed by atoms with Crippen LogP contribution < -0.4 is 5.73 Å². The third-order valence-electron chi connectivity index (χ3n) is 1.02. The lowest BCUT2D eigenvalue weighted by molar-refractivity contribution is -0.142. The van der Waals surface area contributed by atoms with Crippen molar-refractivity contribution in [3.63, 3.8) is 0 Å². The summed E-state index contributed by atoms with van der Waals surface area (Å²) < 4.78 is 9.36. The summed E-state index contributed by atoms with van der Waals surface area (Å²) >= 11 is 0. The Morgan fingerprint density at radius 2 is 2.09 bits per heavy atom. The van der Waals surface area contributed by atoms with Crippen molar-refractivity contribution >= 4 is 5.97 Å². The molecule has 4 nitrogen and oxygen atoms in total. The first kappa shape index (κ1) is 9.81. The SMILES string of the molecule is CCOC(=O)C(OC)=C(C)N. The van der Waals surface area contributed by atoms with E-state index >= 15 is 0 Å². The Labute approximate surface area is 66.0 Å². The highest BCUT2D eigenvalue weighted by molar-refractivity contribution is 5.86. The van der Waals surface area contributed by atoms with Crippen LogP contribution in [0.3, 0.4) is 0 Å². The van der Waals surface area contributed by atoms with Gasteiger partial charge in [-0.25, -0.2) is 4.79 Å². The zero-order valence-corrected chi connectivity index (χ0v) is 7.01. The van der Waals surface area contributed by atoms with Crippen LogP contribution in [0, 0.1) is 0 Å². The summed E-state index contributed by atoms with van der Waals surface area (Å²) in [6.07, 6.45) is 0. The first-order valence-corrected chi connectivity index (χ1v) is 3.31. The predicted octanol–water partition coefficient (Wildman–Crippen LogP) is 0.386. The van der Waals surface area contributed by atoms with Gasteiger partial charge in [0.15, 0.2) is 0 Å². The first-order valence-electron chi connectivity index (χ1n) is 3.31. The second kappa shape index (κ2) is 4.60. The zero-order chi connectivity index (χ0) is 8.85. The Balaban J connectivity index is 4.28. The highest BCUT2D eigenvalue weighted by Crippen LogP contribution is 2.01. The molecule has 0 heterocycles. The quantitative estimate of drug-likeness (QED) is 0.367. The van der Waals surface area contributed by atoms with E-state index in [2.05, 4.69) is 4.74 Å². The Morgan fingerprint density at radius 3 is 2.36 bits per heavy atom. The molecule has 64 valence electrons. The topological polar surface area (TPSA) is 61.5 Å². The van der Waals surface area contributed by atoms with E-state index in [0.29, 0.717) is 12.3 Å². The maximum atomic E-state index is 10.9. The van der Waals surface area contributed by atoms with Gasteiger partial charge >= 0.3 is 5.97 Å². The van der Waals surface area contributed by atoms with Gasteiger partial charge in [-0.15, -0.1) is 0 Å². The van der Waals surface area contributed by atoms with E-state index in [-0.39, 0.29) is 5.76 Å². The van der Waals surface area contributed by atoms with E-state index in [0.717, 1.165) is 0 Å². The maximum Gasteiger partial charge on any atom is 0.375 e. The molecular formula is C7H13NO3. The fraction of sp³-hybridized carbons (Fsp3) is 0.571. The van der Waals surface area contributed by atoms with Crippen LogP contribution in [0.2, 0.25) is 0 Å². The summed E-state index contributed by atoms with van der Waals surface area (Å²) in [5.41, 5.74) is 5.66. The van der Waals surface area contributed by atoms with Crippen molar-refractivity contribution in [2.75, 3.05) is 13.7 Å². The molecule has 0 aromatic rings. The molecule has 2 N–H and O–H groups in total. The largest absolute Gasteiger partial charge is 0.489 e. The molecule has 11 heavy (non-hydrogen) atoms. The fourth-order valence-electron chi connectivity index (χ4n) is 0.602. The fourth-order valence-corrected chi connectivity index (χ4v) is 0.602. The summed E-state index contributed by atoms with van der Waals surface area (Å²) in [7, 11) is 1.38. The minimum atomic E-state index is -0.519. The van der Waals surface area contributed by atoms with Crippen LogP contribution in [0.25, 0.3) is 0 Å². The lowest BCUT2D eigenvalue weighted by atomic mass is 10.4. The lowest BCUT2D eigenvalue weighted by Gasteiger charge is -2.05. The van der Waals surface area contributed by atoms with Crippen LogP contribution >= 0.6 is 0 Å². The number of carbonyl (C=O) groups is 1. The number of esters is 1. The highest BCUT2D eigenvalue weighted by atomic mass is 16.6. The minimum Gasteiger partial charge on any atom is -0.489 e. The molecule has 0 aliphatic carbocycles. The number of carbonyl (C=O) groups excluding carboxylic acids is 1. The van der Waals surface area contributed by atoms with Crippen LogP contribution in [0.5, 0.6) is 0 Å². The number of hydrogen-bond acceptors (Lipinski definition) is 4. The molecule has 0 aliphatic heterocycles. The molecule has 0 rings (SSSR count). The molecule has 0 unspecified atom stereocenters. The van der Waals surface area contributed by atoms with E-state index in [1.807, 2.05) is 0 Å². The van der Waals surface area contributed by atoms with Gasteiger partial charge in [-0.05, 0) is 13.8 Å². The summed E-state index contributed by atoms with van der Waals surface area (Å²) in [4.78, 5) is 10.9. The van der Waals surface area contributed by atoms with Crippen LogP contribution in [0.15, 0.2) is 11.5 Å². The number of allylic oxidation sites excluding steroid dienone is 1. The molecule has 0 aromatic carbocycles. The van der Waals surface area contributed by atoms with E-state index < -0.39 is 5.97 Å². The summed E-state index contributed by atoms with van der Waals surface area (Å²) in [6, 6.07) is 0. The molecule has 0 bridgehead atoms. The summed E-state index contributed by atoms with van der Waals surface area (Å²) in [6.45, 7) is 3.62. The standard InChI is InChI=1S/C7H13NO3/c1-4-11-7(9)6(10-3)5(2)8/h4,8H2,1-3H3. The van der Waals surface area contributed by atoms with Gasteiger partial charge in [0, 0.05) is 0 Å². The maximum absolute atomic E-state index is 10.9. The summed E-state index contributed by atoms with van der Waals surface area (Å²) in [5.74, 6) is -0.443. The molecule has 0 aliphatic rings. The number of hydrogen-bond donors (Lipinski definition) is 1. The van der Waals surface area contributed by atoms with Crippen LogP contribution in [-0.2, 0) is 14.3 Å². The van der Waals surface area contributed by atoms with Crippen LogP contribution in [0.1, 0.15) is 13.8 Å².